The number of hydrogen-bond acceptors (Lipinski definition) is 11. The van der Waals surface area contributed by atoms with Gasteiger partial charge in [-0.3, -0.25) is 14.6 Å². The van der Waals surface area contributed by atoms with Crippen LogP contribution in [0.15, 0.2) is 36.7 Å². The van der Waals surface area contributed by atoms with Crippen molar-refractivity contribution in [1.29, 1.82) is 0 Å². The van der Waals surface area contributed by atoms with Gasteiger partial charge in [0.25, 0.3) is 0 Å². The summed E-state index contributed by atoms with van der Waals surface area (Å²) in [5.74, 6) is 0.652. The second kappa shape index (κ2) is 20.3. The van der Waals surface area contributed by atoms with E-state index in [4.69, 9.17) is 35.5 Å². The van der Waals surface area contributed by atoms with Crippen LogP contribution in [0.25, 0.3) is 11.0 Å². The molecule has 55 heavy (non-hydrogen) atoms. The zero-order valence-electron chi connectivity index (χ0n) is 31.3. The topological polar surface area (TPSA) is 146 Å². The number of alkyl halides is 1. The maximum atomic E-state index is 14.5. The van der Waals surface area contributed by atoms with Gasteiger partial charge in [0, 0.05) is 43.8 Å². The van der Waals surface area contributed by atoms with E-state index < -0.39 is 15.3 Å². The molecule has 0 saturated carbocycles. The highest BCUT2D eigenvalue weighted by Crippen LogP contribution is 2.48. The van der Waals surface area contributed by atoms with Gasteiger partial charge >= 0.3 is 0 Å². The average Bonchev–Trinajstić information content (AvgIpc) is 3.88. The lowest BCUT2D eigenvalue weighted by Gasteiger charge is -2.38. The Labute approximate surface area is 342 Å². The van der Waals surface area contributed by atoms with Crippen molar-refractivity contribution in [1.82, 2.24) is 24.3 Å². The van der Waals surface area contributed by atoms with Crippen LogP contribution in [-0.2, 0) is 56.9 Å². The van der Waals surface area contributed by atoms with Crippen LogP contribution in [0.5, 0.6) is 0 Å². The molecule has 3 aliphatic heterocycles. The van der Waals surface area contributed by atoms with Crippen LogP contribution in [0.2, 0.25) is 5.02 Å². The quantitative estimate of drug-likeness (QED) is 0.0811. The first kappa shape index (κ1) is 42.2. The minimum Gasteiger partial charge on any atom is -0.378 e. The van der Waals surface area contributed by atoms with E-state index in [1.54, 1.807) is 29.4 Å². The fourth-order valence-electron chi connectivity index (χ4n) is 7.79. The van der Waals surface area contributed by atoms with Crippen molar-refractivity contribution in [2.75, 3.05) is 100.0 Å². The summed E-state index contributed by atoms with van der Waals surface area (Å²) in [7, 11) is -3.39. The van der Waals surface area contributed by atoms with Gasteiger partial charge in [-0.25, -0.2) is 13.4 Å². The standard InChI is InChI=1S/C38H52ClIN6O8S/c39-30-4-5-33-32(26-30)42-35(45(33)13-3-24-55(49,50)25-23-53-20-19-51-17-18-52-21-22-54-29-40)28-46-34-27-41-10-6-31(34)38(37(46)48)8-15-44(16-9-38)36(47)7-14-43-11-1-2-12-43/h4-6,10,26-27H,1-3,7-9,11-25,28-29H2. The van der Waals surface area contributed by atoms with Crippen LogP contribution in [0.1, 0.15) is 49.9 Å². The third kappa shape index (κ3) is 10.9. The molecule has 1 spiro atoms. The van der Waals surface area contributed by atoms with Crippen LogP contribution < -0.4 is 4.90 Å². The summed E-state index contributed by atoms with van der Waals surface area (Å²) in [4.78, 5) is 43.0. The van der Waals surface area contributed by atoms with Crippen molar-refractivity contribution in [3.63, 3.8) is 0 Å². The fraction of sp³-hybridized carbons (Fsp3) is 0.632. The zero-order chi connectivity index (χ0) is 38.7. The predicted octanol–water partition coefficient (Wildman–Crippen LogP) is 4.24. The molecule has 3 aliphatic rings. The van der Waals surface area contributed by atoms with Gasteiger partial charge in [-0.15, -0.1) is 0 Å². The third-order valence-electron chi connectivity index (χ3n) is 10.7. The predicted molar refractivity (Wildman–Crippen MR) is 219 cm³/mol. The number of anilines is 1. The number of imidazole rings is 1. The fourth-order valence-corrected chi connectivity index (χ4v) is 9.42. The number of nitrogens with zero attached hydrogens (tertiary/aromatic N) is 6. The molecule has 3 aromatic rings. The average molecular weight is 915 g/mol. The van der Waals surface area contributed by atoms with Crippen molar-refractivity contribution < 1.29 is 37.0 Å². The van der Waals surface area contributed by atoms with Gasteiger partial charge in [0.05, 0.1) is 97.2 Å². The number of rotatable bonds is 22. The Morgan fingerprint density at radius 3 is 2.29 bits per heavy atom. The SMILES string of the molecule is O=C(CCN1CCCC1)N1CCC2(CC1)C(=O)N(Cc1nc3cc(Cl)ccc3n1CCCS(=O)(=O)CCOCCOCCOCCOCI)c1cnccc12. The Balaban J connectivity index is 1.03. The van der Waals surface area contributed by atoms with Crippen molar-refractivity contribution in [2.45, 2.75) is 57.0 Å². The van der Waals surface area contributed by atoms with E-state index in [1.165, 1.54) is 12.8 Å². The molecule has 2 saturated heterocycles. The van der Waals surface area contributed by atoms with Gasteiger partial charge in [0.15, 0.2) is 9.84 Å². The number of aryl methyl sites for hydroxylation is 1. The molecule has 5 heterocycles. The molecule has 0 aliphatic carbocycles. The number of fused-ring (bicyclic) bond motifs is 3. The molecule has 2 aromatic heterocycles. The second-order valence-electron chi connectivity index (χ2n) is 14.2. The maximum absolute atomic E-state index is 14.5. The normalized spacial score (nSPS) is 17.2. The van der Waals surface area contributed by atoms with Gasteiger partial charge in [-0.2, -0.15) is 0 Å². The van der Waals surface area contributed by atoms with Crippen molar-refractivity contribution in [3.8, 4) is 0 Å². The molecule has 6 rings (SSSR count). The summed E-state index contributed by atoms with van der Waals surface area (Å²) in [6, 6.07) is 7.38. The van der Waals surface area contributed by atoms with Crippen molar-refractivity contribution in [2.24, 2.45) is 0 Å². The van der Waals surface area contributed by atoms with Crippen LogP contribution in [0, 0.1) is 0 Å². The first-order valence-corrected chi connectivity index (χ1v) is 22.9. The van der Waals surface area contributed by atoms with E-state index in [2.05, 4.69) is 32.5 Å². The number of ether oxygens (including phenoxy) is 4. The summed E-state index contributed by atoms with van der Waals surface area (Å²) in [5.41, 5.74) is 2.42. The van der Waals surface area contributed by atoms with Crippen LogP contribution >= 0.6 is 34.2 Å². The summed E-state index contributed by atoms with van der Waals surface area (Å²) in [6.45, 7) is 7.22. The minimum atomic E-state index is -3.39. The first-order valence-electron chi connectivity index (χ1n) is 19.2. The highest BCUT2D eigenvalue weighted by Gasteiger charge is 2.52. The summed E-state index contributed by atoms with van der Waals surface area (Å²) >= 11 is 8.48. The van der Waals surface area contributed by atoms with E-state index >= 15 is 0 Å². The van der Waals surface area contributed by atoms with Gasteiger partial charge in [-0.05, 0) is 75.0 Å². The number of sulfone groups is 1. The Kier molecular flexibility index (Phi) is 15.6. The van der Waals surface area contributed by atoms with Crippen molar-refractivity contribution in [3.05, 3.63) is 53.1 Å². The summed E-state index contributed by atoms with van der Waals surface area (Å²) in [5, 5.41) is 0.537. The highest BCUT2D eigenvalue weighted by molar-refractivity contribution is 14.1. The Hall–Kier alpha value is -2.45. The molecule has 0 bridgehead atoms. The molecule has 1 aromatic carbocycles. The molecular formula is C38H52ClIN6O8S. The van der Waals surface area contributed by atoms with E-state index in [1.807, 2.05) is 21.6 Å². The zero-order valence-corrected chi connectivity index (χ0v) is 35.1. The third-order valence-corrected chi connectivity index (χ3v) is 13.1. The van der Waals surface area contributed by atoms with Gasteiger partial charge in [0.1, 0.15) is 5.82 Å². The van der Waals surface area contributed by atoms with Crippen molar-refractivity contribution >= 4 is 72.6 Å². The molecule has 0 N–H and O–H groups in total. The highest BCUT2D eigenvalue weighted by atomic mass is 127. The molecule has 0 radical (unpaired) electrons. The number of carbonyl (C=O) groups excluding carboxylic acids is 2. The van der Waals surface area contributed by atoms with E-state index in [0.717, 1.165) is 36.4 Å². The van der Waals surface area contributed by atoms with E-state index in [-0.39, 0.29) is 36.5 Å². The largest absolute Gasteiger partial charge is 0.378 e. The van der Waals surface area contributed by atoms with Crippen LogP contribution in [-0.4, -0.2) is 140 Å². The van der Waals surface area contributed by atoms with Gasteiger partial charge in [-0.1, -0.05) is 34.2 Å². The van der Waals surface area contributed by atoms with Crippen LogP contribution in [0.4, 0.5) is 5.69 Å². The minimum absolute atomic E-state index is 0.0186. The molecule has 0 atom stereocenters. The van der Waals surface area contributed by atoms with Crippen LogP contribution in [0.3, 0.4) is 0 Å². The summed E-state index contributed by atoms with van der Waals surface area (Å²) in [6.07, 6.45) is 7.79. The molecule has 2 fully saturated rings. The smallest absolute Gasteiger partial charge is 0.238 e. The number of amides is 2. The number of likely N-dealkylation sites (tertiary alicyclic amines) is 2. The van der Waals surface area contributed by atoms with E-state index in [9.17, 15) is 18.0 Å². The Morgan fingerprint density at radius 1 is 0.891 bits per heavy atom. The Bertz CT molecular complexity index is 1850. The van der Waals surface area contributed by atoms with Gasteiger partial charge in [0.2, 0.25) is 11.8 Å². The monoisotopic (exact) mass is 914 g/mol. The molecule has 17 heteroatoms. The number of piperidine rings is 1. The maximum Gasteiger partial charge on any atom is 0.238 e. The number of pyridine rings is 1. The lowest BCUT2D eigenvalue weighted by atomic mass is 9.74. The molecule has 2 amide bonds. The number of hydrogen-bond donors (Lipinski definition) is 0. The lowest BCUT2D eigenvalue weighted by Crippen LogP contribution is -2.50. The summed E-state index contributed by atoms with van der Waals surface area (Å²) < 4.78 is 50.1. The first-order chi connectivity index (χ1) is 26.7. The molecule has 0 unspecified atom stereocenters. The molecule has 14 nitrogen and oxygen atoms in total. The number of carbonyl (C=O) groups is 2. The molecular weight excluding hydrogens is 863 g/mol. The Morgan fingerprint density at radius 2 is 1.58 bits per heavy atom. The van der Waals surface area contributed by atoms with E-state index in [0.29, 0.717) is 106 Å². The van der Waals surface area contributed by atoms with Gasteiger partial charge < -0.3 is 38.2 Å². The number of halogens is 2. The number of benzene rings is 1. The lowest BCUT2D eigenvalue weighted by molar-refractivity contribution is -0.135. The molecule has 302 valence electrons. The second-order valence-corrected chi connectivity index (χ2v) is 17.6. The number of aromatic nitrogens is 3.